The fourth-order valence-corrected chi connectivity index (χ4v) is 4.56. The third kappa shape index (κ3) is 2.80. The standard InChI is InChI=1S/C17H22N4OS/c1-2-21-16(18-10-19-21)14(11-7-8-11)20-17(22)15-13-6-4-3-5-12(13)9-23-15/h9-11,14H,2-8H2,1H3,(H,20,22)/t14-/m0/s1. The van der Waals surface area contributed by atoms with Crippen LogP contribution in [0.3, 0.4) is 0 Å². The minimum atomic E-state index is -0.00806. The highest BCUT2D eigenvalue weighted by atomic mass is 32.1. The lowest BCUT2D eigenvalue weighted by Gasteiger charge is -2.19. The molecule has 2 heterocycles. The molecule has 2 aliphatic rings. The maximum atomic E-state index is 12.9. The van der Waals surface area contributed by atoms with Gasteiger partial charge in [0.1, 0.15) is 12.2 Å². The average Bonchev–Trinajstić information content (AvgIpc) is 3.15. The van der Waals surface area contributed by atoms with E-state index in [0.717, 1.165) is 42.9 Å². The van der Waals surface area contributed by atoms with Gasteiger partial charge >= 0.3 is 0 Å². The van der Waals surface area contributed by atoms with Gasteiger partial charge in [-0.25, -0.2) is 9.67 Å². The van der Waals surface area contributed by atoms with Gasteiger partial charge in [0.15, 0.2) is 0 Å². The van der Waals surface area contributed by atoms with Crippen LogP contribution >= 0.6 is 11.3 Å². The quantitative estimate of drug-likeness (QED) is 0.916. The first-order valence-corrected chi connectivity index (χ1v) is 9.43. The molecule has 0 spiro atoms. The lowest BCUT2D eigenvalue weighted by atomic mass is 9.93. The molecule has 2 aliphatic carbocycles. The Bertz CT molecular complexity index is 716. The summed E-state index contributed by atoms with van der Waals surface area (Å²) in [5.74, 6) is 1.47. The Morgan fingerprint density at radius 3 is 3.04 bits per heavy atom. The molecule has 1 fully saturated rings. The molecule has 1 N–H and O–H groups in total. The van der Waals surface area contributed by atoms with E-state index in [2.05, 4.69) is 27.7 Å². The van der Waals surface area contributed by atoms with Crippen LogP contribution in [0.25, 0.3) is 0 Å². The largest absolute Gasteiger partial charge is 0.341 e. The lowest BCUT2D eigenvalue weighted by Crippen LogP contribution is -2.32. The van der Waals surface area contributed by atoms with Crippen LogP contribution in [0.1, 0.15) is 65.3 Å². The zero-order valence-corrected chi connectivity index (χ0v) is 14.2. The van der Waals surface area contributed by atoms with Gasteiger partial charge in [-0.3, -0.25) is 4.79 Å². The monoisotopic (exact) mass is 330 g/mol. The second-order valence-electron chi connectivity index (χ2n) is 6.50. The van der Waals surface area contributed by atoms with E-state index in [-0.39, 0.29) is 11.9 Å². The minimum Gasteiger partial charge on any atom is -0.341 e. The maximum Gasteiger partial charge on any atom is 0.262 e. The third-order valence-corrected chi connectivity index (χ3v) is 5.98. The van der Waals surface area contributed by atoms with Crippen LogP contribution in [0.4, 0.5) is 0 Å². The number of rotatable bonds is 5. The molecular weight excluding hydrogens is 308 g/mol. The van der Waals surface area contributed by atoms with E-state index in [1.165, 1.54) is 24.0 Å². The van der Waals surface area contributed by atoms with Crippen LogP contribution in [0.5, 0.6) is 0 Å². The summed E-state index contributed by atoms with van der Waals surface area (Å²) in [4.78, 5) is 18.2. The number of carbonyl (C=O) groups is 1. The Morgan fingerprint density at radius 2 is 2.26 bits per heavy atom. The average molecular weight is 330 g/mol. The first-order valence-electron chi connectivity index (χ1n) is 8.55. The van der Waals surface area contributed by atoms with Crippen LogP contribution in [-0.4, -0.2) is 20.7 Å². The molecule has 1 saturated carbocycles. The van der Waals surface area contributed by atoms with E-state index < -0.39 is 0 Å². The number of thiophene rings is 1. The number of carbonyl (C=O) groups excluding carboxylic acids is 1. The number of aromatic nitrogens is 3. The van der Waals surface area contributed by atoms with Gasteiger partial charge in [0.2, 0.25) is 0 Å². The highest BCUT2D eigenvalue weighted by Gasteiger charge is 2.37. The smallest absolute Gasteiger partial charge is 0.262 e. The molecule has 0 unspecified atom stereocenters. The Labute approximate surface area is 140 Å². The van der Waals surface area contributed by atoms with Crippen molar-refractivity contribution in [2.75, 3.05) is 0 Å². The molecule has 0 aliphatic heterocycles. The summed E-state index contributed by atoms with van der Waals surface area (Å²) in [7, 11) is 0. The number of aryl methyl sites for hydroxylation is 2. The zero-order valence-electron chi connectivity index (χ0n) is 13.4. The van der Waals surface area contributed by atoms with Crippen molar-refractivity contribution < 1.29 is 4.79 Å². The van der Waals surface area contributed by atoms with E-state index in [9.17, 15) is 4.79 Å². The van der Waals surface area contributed by atoms with E-state index in [1.54, 1.807) is 17.7 Å². The van der Waals surface area contributed by atoms with Crippen molar-refractivity contribution in [3.63, 3.8) is 0 Å². The number of fused-ring (bicyclic) bond motifs is 1. The Kier molecular flexibility index (Phi) is 3.93. The molecule has 2 aromatic rings. The normalized spacial score (nSPS) is 18.5. The first kappa shape index (κ1) is 14.9. The van der Waals surface area contributed by atoms with E-state index in [1.807, 2.05) is 4.68 Å². The third-order valence-electron chi connectivity index (χ3n) is 4.91. The summed E-state index contributed by atoms with van der Waals surface area (Å²) in [6, 6.07) is -0.00806. The number of amides is 1. The molecule has 0 aromatic carbocycles. The first-order chi connectivity index (χ1) is 11.3. The Morgan fingerprint density at radius 1 is 1.43 bits per heavy atom. The lowest BCUT2D eigenvalue weighted by molar-refractivity contribution is 0.0931. The summed E-state index contributed by atoms with van der Waals surface area (Å²) >= 11 is 1.60. The molecule has 5 nitrogen and oxygen atoms in total. The molecule has 4 rings (SSSR count). The summed E-state index contributed by atoms with van der Waals surface area (Å²) < 4.78 is 1.90. The van der Waals surface area contributed by atoms with Crippen molar-refractivity contribution in [3.05, 3.63) is 33.5 Å². The van der Waals surface area contributed by atoms with E-state index in [4.69, 9.17) is 0 Å². The van der Waals surface area contributed by atoms with Gasteiger partial charge in [-0.05, 0) is 67.9 Å². The van der Waals surface area contributed by atoms with Gasteiger partial charge in [-0.1, -0.05) is 0 Å². The summed E-state index contributed by atoms with van der Waals surface area (Å²) in [5, 5.41) is 9.69. The SMILES string of the molecule is CCn1ncnc1[C@@H](NC(=O)c1scc2c1CCCC2)C1CC1. The summed E-state index contributed by atoms with van der Waals surface area (Å²) in [6.45, 7) is 2.84. The number of hydrogen-bond donors (Lipinski definition) is 1. The maximum absolute atomic E-state index is 12.9. The fourth-order valence-electron chi connectivity index (χ4n) is 3.50. The summed E-state index contributed by atoms with van der Waals surface area (Å²) in [5.41, 5.74) is 2.66. The van der Waals surface area contributed by atoms with Crippen LogP contribution in [0.2, 0.25) is 0 Å². The van der Waals surface area contributed by atoms with Gasteiger partial charge in [0, 0.05) is 6.54 Å². The highest BCUT2D eigenvalue weighted by Crippen LogP contribution is 2.41. The predicted molar refractivity (Wildman–Crippen MR) is 89.6 cm³/mol. The van der Waals surface area contributed by atoms with Crippen LogP contribution in [0.15, 0.2) is 11.7 Å². The van der Waals surface area contributed by atoms with Crippen molar-refractivity contribution in [1.82, 2.24) is 20.1 Å². The fraction of sp³-hybridized carbons (Fsp3) is 0.588. The second kappa shape index (κ2) is 6.07. The van der Waals surface area contributed by atoms with Gasteiger partial charge in [0.05, 0.1) is 10.9 Å². The second-order valence-corrected chi connectivity index (χ2v) is 7.38. The van der Waals surface area contributed by atoms with Crippen LogP contribution in [0, 0.1) is 5.92 Å². The topological polar surface area (TPSA) is 59.8 Å². The minimum absolute atomic E-state index is 0.00806. The van der Waals surface area contributed by atoms with Crippen molar-refractivity contribution in [2.24, 2.45) is 5.92 Å². The van der Waals surface area contributed by atoms with Crippen molar-refractivity contribution >= 4 is 17.2 Å². The summed E-state index contributed by atoms with van der Waals surface area (Å²) in [6.07, 6.45) is 8.51. The molecule has 23 heavy (non-hydrogen) atoms. The van der Waals surface area contributed by atoms with Gasteiger partial charge < -0.3 is 5.32 Å². The molecule has 1 amide bonds. The molecule has 0 bridgehead atoms. The predicted octanol–water partition coefficient (Wildman–Crippen LogP) is 3.12. The van der Waals surface area contributed by atoms with E-state index >= 15 is 0 Å². The van der Waals surface area contributed by atoms with Crippen LogP contribution in [-0.2, 0) is 19.4 Å². The molecular formula is C17H22N4OS. The van der Waals surface area contributed by atoms with Crippen molar-refractivity contribution in [2.45, 2.75) is 58.0 Å². The van der Waals surface area contributed by atoms with Crippen molar-refractivity contribution in [3.8, 4) is 0 Å². The zero-order chi connectivity index (χ0) is 15.8. The number of nitrogens with zero attached hydrogens (tertiary/aromatic N) is 3. The molecule has 122 valence electrons. The molecule has 1 atom stereocenters. The van der Waals surface area contributed by atoms with Crippen molar-refractivity contribution in [1.29, 1.82) is 0 Å². The van der Waals surface area contributed by atoms with Crippen LogP contribution < -0.4 is 5.32 Å². The van der Waals surface area contributed by atoms with Gasteiger partial charge in [-0.2, -0.15) is 5.10 Å². The Balaban J connectivity index is 1.58. The molecule has 0 radical (unpaired) electrons. The van der Waals surface area contributed by atoms with Gasteiger partial charge in [-0.15, -0.1) is 11.3 Å². The van der Waals surface area contributed by atoms with E-state index in [0.29, 0.717) is 5.92 Å². The molecule has 0 saturated heterocycles. The highest BCUT2D eigenvalue weighted by molar-refractivity contribution is 7.12. The Hall–Kier alpha value is -1.69. The number of nitrogens with one attached hydrogen (secondary N) is 1. The number of hydrogen-bond acceptors (Lipinski definition) is 4. The molecule has 2 aromatic heterocycles. The molecule has 6 heteroatoms. The van der Waals surface area contributed by atoms with Gasteiger partial charge in [0.25, 0.3) is 5.91 Å².